The maximum Gasteiger partial charge on any atom is 0.225 e. The highest BCUT2D eigenvalue weighted by molar-refractivity contribution is 5.89. The van der Waals surface area contributed by atoms with Crippen LogP contribution in [-0.2, 0) is 14.3 Å². The Hall–Kier alpha value is -1.14. The van der Waals surface area contributed by atoms with E-state index in [0.717, 1.165) is 0 Å². The third-order valence-corrected chi connectivity index (χ3v) is 3.84. The third kappa shape index (κ3) is 3.70. The zero-order valence-electron chi connectivity index (χ0n) is 12.2. The molecule has 2 amide bonds. The first-order valence-corrected chi connectivity index (χ1v) is 7.25. The molecule has 0 spiro atoms. The van der Waals surface area contributed by atoms with E-state index in [4.69, 9.17) is 4.74 Å². The molecule has 114 valence electrons. The molecule has 2 saturated heterocycles. The van der Waals surface area contributed by atoms with Crippen LogP contribution in [0.15, 0.2) is 0 Å². The fourth-order valence-corrected chi connectivity index (χ4v) is 2.70. The Morgan fingerprint density at radius 1 is 1.60 bits per heavy atom. The smallest absolute Gasteiger partial charge is 0.225 e. The summed E-state index contributed by atoms with van der Waals surface area (Å²) in [6.45, 7) is 6.26. The summed E-state index contributed by atoms with van der Waals surface area (Å²) in [5, 5.41) is 12.8. The van der Waals surface area contributed by atoms with Crippen molar-refractivity contribution in [3.05, 3.63) is 0 Å². The summed E-state index contributed by atoms with van der Waals surface area (Å²) in [6, 6.07) is 0. The van der Waals surface area contributed by atoms with Gasteiger partial charge in [-0.1, -0.05) is 13.8 Å². The topological polar surface area (TPSA) is 78.9 Å². The highest BCUT2D eigenvalue weighted by Crippen LogP contribution is 2.20. The zero-order valence-corrected chi connectivity index (χ0v) is 12.2. The Kier molecular flexibility index (Phi) is 4.65. The Bertz CT molecular complexity index is 377. The van der Waals surface area contributed by atoms with Gasteiger partial charge < -0.3 is 20.1 Å². The van der Waals surface area contributed by atoms with Crippen LogP contribution in [0.4, 0.5) is 0 Å². The van der Waals surface area contributed by atoms with Crippen molar-refractivity contribution in [2.75, 3.05) is 32.8 Å². The molecule has 0 radical (unpaired) electrons. The molecule has 2 N–H and O–H groups in total. The van der Waals surface area contributed by atoms with Crippen LogP contribution in [0.5, 0.6) is 0 Å². The number of amides is 2. The largest absolute Gasteiger partial charge is 0.386 e. The van der Waals surface area contributed by atoms with Crippen LogP contribution in [0.25, 0.3) is 0 Å². The van der Waals surface area contributed by atoms with Gasteiger partial charge in [0.05, 0.1) is 12.5 Å². The minimum absolute atomic E-state index is 0.0433. The first-order valence-electron chi connectivity index (χ1n) is 7.25. The van der Waals surface area contributed by atoms with Crippen LogP contribution in [-0.4, -0.2) is 60.3 Å². The molecule has 0 aromatic heterocycles. The molecule has 6 nitrogen and oxygen atoms in total. The van der Waals surface area contributed by atoms with Gasteiger partial charge in [0.25, 0.3) is 0 Å². The standard InChI is InChI=1S/C14H24N2O4/c1-10(2)6-16-7-11(5-12(16)17)13(18)15-8-14(19)3-4-20-9-14/h10-11,19H,3-9H2,1-2H3,(H,15,18). The monoisotopic (exact) mass is 284 g/mol. The van der Waals surface area contributed by atoms with Crippen LogP contribution in [0.2, 0.25) is 0 Å². The Morgan fingerprint density at radius 2 is 2.35 bits per heavy atom. The van der Waals surface area contributed by atoms with Gasteiger partial charge in [0, 0.05) is 39.1 Å². The molecule has 0 aromatic carbocycles. The van der Waals surface area contributed by atoms with E-state index in [1.54, 1.807) is 4.90 Å². The Labute approximate surface area is 119 Å². The van der Waals surface area contributed by atoms with Crippen LogP contribution in [0.1, 0.15) is 26.7 Å². The maximum atomic E-state index is 12.1. The molecule has 2 heterocycles. The number of ether oxygens (including phenoxy) is 1. The SMILES string of the molecule is CC(C)CN1CC(C(=O)NCC2(O)CCOC2)CC1=O. The second-order valence-electron chi connectivity index (χ2n) is 6.34. The normalized spacial score (nSPS) is 30.3. The lowest BCUT2D eigenvalue weighted by atomic mass is 10.0. The van der Waals surface area contributed by atoms with Crippen molar-refractivity contribution in [2.45, 2.75) is 32.3 Å². The van der Waals surface area contributed by atoms with Crippen LogP contribution in [0, 0.1) is 11.8 Å². The lowest BCUT2D eigenvalue weighted by Gasteiger charge is -2.22. The quantitative estimate of drug-likeness (QED) is 0.730. The lowest BCUT2D eigenvalue weighted by molar-refractivity contribution is -0.129. The molecule has 2 aliphatic heterocycles. The van der Waals surface area contributed by atoms with E-state index in [-0.39, 0.29) is 37.3 Å². The number of hydrogen-bond donors (Lipinski definition) is 2. The van der Waals surface area contributed by atoms with E-state index in [2.05, 4.69) is 19.2 Å². The van der Waals surface area contributed by atoms with Gasteiger partial charge >= 0.3 is 0 Å². The minimum atomic E-state index is -0.949. The number of nitrogens with one attached hydrogen (secondary N) is 1. The molecule has 0 bridgehead atoms. The summed E-state index contributed by atoms with van der Waals surface area (Å²) in [5.41, 5.74) is -0.949. The summed E-state index contributed by atoms with van der Waals surface area (Å²) in [5.74, 6) is -0.00373. The maximum absolute atomic E-state index is 12.1. The number of likely N-dealkylation sites (tertiary alicyclic amines) is 1. The van der Waals surface area contributed by atoms with Gasteiger partial charge in [-0.25, -0.2) is 0 Å². The van der Waals surface area contributed by atoms with Gasteiger partial charge in [-0.05, 0) is 5.92 Å². The zero-order chi connectivity index (χ0) is 14.8. The van der Waals surface area contributed by atoms with Gasteiger partial charge in [-0.15, -0.1) is 0 Å². The molecule has 0 aromatic rings. The third-order valence-electron chi connectivity index (χ3n) is 3.84. The van der Waals surface area contributed by atoms with Crippen molar-refractivity contribution in [3.63, 3.8) is 0 Å². The van der Waals surface area contributed by atoms with Crippen molar-refractivity contribution < 1.29 is 19.4 Å². The van der Waals surface area contributed by atoms with Gasteiger partial charge in [-0.3, -0.25) is 9.59 Å². The van der Waals surface area contributed by atoms with Crippen molar-refractivity contribution in [1.82, 2.24) is 10.2 Å². The summed E-state index contributed by atoms with van der Waals surface area (Å²) >= 11 is 0. The highest BCUT2D eigenvalue weighted by atomic mass is 16.5. The van der Waals surface area contributed by atoms with E-state index in [9.17, 15) is 14.7 Å². The van der Waals surface area contributed by atoms with Crippen molar-refractivity contribution in [2.24, 2.45) is 11.8 Å². The molecule has 20 heavy (non-hydrogen) atoms. The minimum Gasteiger partial charge on any atom is -0.386 e. The van der Waals surface area contributed by atoms with Crippen LogP contribution in [0.3, 0.4) is 0 Å². The van der Waals surface area contributed by atoms with E-state index in [0.29, 0.717) is 32.0 Å². The van der Waals surface area contributed by atoms with Gasteiger partial charge in [0.2, 0.25) is 11.8 Å². The summed E-state index contributed by atoms with van der Waals surface area (Å²) < 4.78 is 5.13. The van der Waals surface area contributed by atoms with Crippen molar-refractivity contribution >= 4 is 11.8 Å². The molecular weight excluding hydrogens is 260 g/mol. The fraction of sp³-hybridized carbons (Fsp3) is 0.857. The van der Waals surface area contributed by atoms with E-state index in [1.165, 1.54) is 0 Å². The van der Waals surface area contributed by atoms with Crippen molar-refractivity contribution in [3.8, 4) is 0 Å². The molecule has 0 saturated carbocycles. The Balaban J connectivity index is 1.80. The fourth-order valence-electron chi connectivity index (χ4n) is 2.70. The molecule has 2 unspecified atom stereocenters. The number of carbonyl (C=O) groups excluding carboxylic acids is 2. The second-order valence-corrected chi connectivity index (χ2v) is 6.34. The summed E-state index contributed by atoms with van der Waals surface area (Å²) in [7, 11) is 0. The first-order chi connectivity index (χ1) is 9.39. The van der Waals surface area contributed by atoms with Crippen molar-refractivity contribution in [1.29, 1.82) is 0 Å². The van der Waals surface area contributed by atoms with Gasteiger partial charge in [-0.2, -0.15) is 0 Å². The number of hydrogen-bond acceptors (Lipinski definition) is 4. The number of carbonyl (C=O) groups is 2. The summed E-state index contributed by atoms with van der Waals surface area (Å²) in [6.07, 6.45) is 0.809. The molecular formula is C14H24N2O4. The van der Waals surface area contributed by atoms with Gasteiger partial charge in [0.1, 0.15) is 5.60 Å². The molecule has 2 aliphatic rings. The highest BCUT2D eigenvalue weighted by Gasteiger charge is 2.37. The summed E-state index contributed by atoms with van der Waals surface area (Å²) in [4.78, 5) is 25.7. The molecule has 6 heteroatoms. The average Bonchev–Trinajstić information content (AvgIpc) is 2.94. The Morgan fingerprint density at radius 3 is 2.95 bits per heavy atom. The van der Waals surface area contributed by atoms with Crippen LogP contribution >= 0.6 is 0 Å². The first kappa shape index (κ1) is 15.3. The molecule has 2 rings (SSSR count). The number of nitrogens with zero attached hydrogens (tertiary/aromatic N) is 1. The lowest BCUT2D eigenvalue weighted by Crippen LogP contribution is -2.45. The van der Waals surface area contributed by atoms with E-state index >= 15 is 0 Å². The number of aliphatic hydroxyl groups is 1. The average molecular weight is 284 g/mol. The second kappa shape index (κ2) is 6.10. The number of rotatable bonds is 5. The van der Waals surface area contributed by atoms with Crippen LogP contribution < -0.4 is 5.32 Å². The predicted octanol–water partition coefficient (Wildman–Crippen LogP) is -0.241. The van der Waals surface area contributed by atoms with Gasteiger partial charge in [0.15, 0.2) is 0 Å². The molecule has 2 atom stereocenters. The molecule has 0 aliphatic carbocycles. The van der Waals surface area contributed by atoms with E-state index in [1.807, 2.05) is 0 Å². The molecule has 2 fully saturated rings. The van der Waals surface area contributed by atoms with E-state index < -0.39 is 5.60 Å². The predicted molar refractivity (Wildman–Crippen MR) is 72.9 cm³/mol.